The van der Waals surface area contributed by atoms with E-state index in [2.05, 4.69) is 20.7 Å². The Kier molecular flexibility index (Phi) is 5.05. The maximum Gasteiger partial charge on any atom is 0.240 e. The zero-order valence-electron chi connectivity index (χ0n) is 14.7. The third kappa shape index (κ3) is 3.59. The number of carbonyl (C=O) groups is 1. The fraction of sp³-hybridized carbons (Fsp3) is 0.778. The molecule has 4 rings (SSSR count). The largest absolute Gasteiger partial charge is 0.381 e. The van der Waals surface area contributed by atoms with Crippen molar-refractivity contribution in [2.45, 2.75) is 62.7 Å². The number of hydrogen-bond acceptors (Lipinski definition) is 6. The van der Waals surface area contributed by atoms with E-state index in [0.717, 1.165) is 64.1 Å². The van der Waals surface area contributed by atoms with E-state index >= 15 is 0 Å². The second-order valence-electron chi connectivity index (χ2n) is 7.56. The van der Waals surface area contributed by atoms with Crippen LogP contribution >= 0.6 is 0 Å². The molecule has 0 spiro atoms. The lowest BCUT2D eigenvalue weighted by molar-refractivity contribution is -0.134. The summed E-state index contributed by atoms with van der Waals surface area (Å²) in [5, 5.41) is 10.8. The first-order valence-corrected chi connectivity index (χ1v) is 9.53. The number of aromatic nitrogens is 1. The quantitative estimate of drug-likeness (QED) is 0.828. The summed E-state index contributed by atoms with van der Waals surface area (Å²) in [7, 11) is 0. The van der Waals surface area contributed by atoms with Gasteiger partial charge in [0, 0.05) is 37.9 Å². The van der Waals surface area contributed by atoms with Gasteiger partial charge in [-0.15, -0.1) is 0 Å². The highest BCUT2D eigenvalue weighted by atomic mass is 16.5. The van der Waals surface area contributed by atoms with Crippen molar-refractivity contribution in [3.05, 3.63) is 18.0 Å². The lowest BCUT2D eigenvalue weighted by atomic mass is 9.84. The molecule has 0 saturated carbocycles. The van der Waals surface area contributed by atoms with Gasteiger partial charge in [-0.1, -0.05) is 5.16 Å². The normalized spacial score (nSPS) is 31.0. The summed E-state index contributed by atoms with van der Waals surface area (Å²) in [5.74, 6) is 0.145. The third-order valence-electron chi connectivity index (χ3n) is 5.94. The highest BCUT2D eigenvalue weighted by molar-refractivity contribution is 5.87. The predicted octanol–water partition coefficient (Wildman–Crippen LogP) is 1.06. The van der Waals surface area contributed by atoms with Crippen molar-refractivity contribution in [2.75, 3.05) is 26.3 Å². The average Bonchev–Trinajstić information content (AvgIpc) is 3.28. The van der Waals surface area contributed by atoms with Gasteiger partial charge in [0.1, 0.15) is 17.5 Å². The van der Waals surface area contributed by atoms with Crippen molar-refractivity contribution in [3.8, 4) is 0 Å². The van der Waals surface area contributed by atoms with Gasteiger partial charge in [-0.2, -0.15) is 0 Å². The fourth-order valence-corrected chi connectivity index (χ4v) is 4.65. The Hall–Kier alpha value is -1.44. The van der Waals surface area contributed by atoms with Gasteiger partial charge in [-0.25, -0.2) is 0 Å². The first kappa shape index (κ1) is 17.0. The minimum Gasteiger partial charge on any atom is -0.381 e. The molecule has 7 heteroatoms. The van der Waals surface area contributed by atoms with E-state index in [9.17, 15) is 4.79 Å². The molecule has 3 aliphatic rings. The summed E-state index contributed by atoms with van der Waals surface area (Å²) in [6.45, 7) is 4.11. The number of piperidine rings is 1. The number of fused-ring (bicyclic) bond motifs is 1. The summed E-state index contributed by atoms with van der Waals surface area (Å²) in [6.07, 6.45) is 7.83. The summed E-state index contributed by atoms with van der Waals surface area (Å²) >= 11 is 0. The molecule has 0 aromatic carbocycles. The maximum atomic E-state index is 13.1. The first-order chi connectivity index (χ1) is 12.3. The van der Waals surface area contributed by atoms with Crippen molar-refractivity contribution in [2.24, 2.45) is 0 Å². The van der Waals surface area contributed by atoms with Crippen LogP contribution in [-0.4, -0.2) is 59.9 Å². The second-order valence-corrected chi connectivity index (χ2v) is 7.56. The molecule has 3 fully saturated rings. The second kappa shape index (κ2) is 7.43. The van der Waals surface area contributed by atoms with Crippen LogP contribution in [0.1, 0.15) is 44.2 Å². The number of ether oxygens (including phenoxy) is 1. The molecule has 2 atom stereocenters. The summed E-state index contributed by atoms with van der Waals surface area (Å²) in [6, 6.07) is 2.70. The molecule has 0 bridgehead atoms. The van der Waals surface area contributed by atoms with E-state index in [1.807, 2.05) is 0 Å². The lowest BCUT2D eigenvalue weighted by Gasteiger charge is -2.40. The van der Waals surface area contributed by atoms with Crippen LogP contribution in [0.3, 0.4) is 0 Å². The Bertz CT molecular complexity index is 573. The van der Waals surface area contributed by atoms with E-state index in [-0.39, 0.29) is 11.4 Å². The molecule has 1 aromatic heterocycles. The van der Waals surface area contributed by atoms with Crippen LogP contribution in [0.25, 0.3) is 0 Å². The Morgan fingerprint density at radius 3 is 3.00 bits per heavy atom. The predicted molar refractivity (Wildman–Crippen MR) is 91.9 cm³/mol. The molecular weight excluding hydrogens is 320 g/mol. The minimum absolute atomic E-state index is 0.145. The van der Waals surface area contributed by atoms with E-state index in [4.69, 9.17) is 9.26 Å². The molecule has 3 aliphatic heterocycles. The van der Waals surface area contributed by atoms with Crippen LogP contribution in [0.5, 0.6) is 0 Å². The number of nitrogens with zero attached hydrogens (tertiary/aromatic N) is 2. The van der Waals surface area contributed by atoms with E-state index < -0.39 is 0 Å². The van der Waals surface area contributed by atoms with E-state index in [0.29, 0.717) is 18.6 Å². The summed E-state index contributed by atoms with van der Waals surface area (Å²) in [5.41, 5.74) is 0.409. The topological polar surface area (TPSA) is 79.6 Å². The number of amides is 1. The molecule has 2 N–H and O–H groups in total. The summed E-state index contributed by atoms with van der Waals surface area (Å²) in [4.78, 5) is 15.5. The van der Waals surface area contributed by atoms with Gasteiger partial charge in [-0.05, 0) is 45.1 Å². The smallest absolute Gasteiger partial charge is 0.240 e. The van der Waals surface area contributed by atoms with Crippen LogP contribution < -0.4 is 10.6 Å². The number of nitrogens with one attached hydrogen (secondary N) is 2. The zero-order valence-corrected chi connectivity index (χ0v) is 14.7. The lowest BCUT2D eigenvalue weighted by Crippen LogP contribution is -2.57. The van der Waals surface area contributed by atoms with Crippen molar-refractivity contribution in [1.82, 2.24) is 20.7 Å². The molecule has 0 aliphatic carbocycles. The van der Waals surface area contributed by atoms with Crippen LogP contribution in [0.2, 0.25) is 0 Å². The van der Waals surface area contributed by atoms with Gasteiger partial charge in [0.2, 0.25) is 5.91 Å². The Labute approximate surface area is 148 Å². The third-order valence-corrected chi connectivity index (χ3v) is 5.94. The van der Waals surface area contributed by atoms with Crippen molar-refractivity contribution in [1.29, 1.82) is 0 Å². The number of hydrogen-bond donors (Lipinski definition) is 2. The molecule has 138 valence electrons. The molecule has 4 heterocycles. The van der Waals surface area contributed by atoms with E-state index in [1.165, 1.54) is 12.7 Å². The van der Waals surface area contributed by atoms with Crippen molar-refractivity contribution < 1.29 is 14.1 Å². The maximum absolute atomic E-state index is 13.1. The highest BCUT2D eigenvalue weighted by Crippen LogP contribution is 2.38. The van der Waals surface area contributed by atoms with Crippen molar-refractivity contribution >= 4 is 5.91 Å². The molecule has 1 aromatic rings. The fourth-order valence-electron chi connectivity index (χ4n) is 4.65. The van der Waals surface area contributed by atoms with Crippen molar-refractivity contribution in [3.63, 3.8) is 0 Å². The molecule has 1 amide bonds. The number of rotatable bonds is 5. The Balaban J connectivity index is 1.40. The highest BCUT2D eigenvalue weighted by Gasteiger charge is 2.51. The van der Waals surface area contributed by atoms with E-state index in [1.54, 1.807) is 6.07 Å². The van der Waals surface area contributed by atoms with Crippen LogP contribution in [0, 0.1) is 0 Å². The van der Waals surface area contributed by atoms with Crippen LogP contribution in [0.4, 0.5) is 0 Å². The van der Waals surface area contributed by atoms with Gasteiger partial charge >= 0.3 is 0 Å². The SMILES string of the molecule is O=C(NCc1ccon1)[C@@]12CCCCN1C[C@@H](NC1CCOCC1)C2. The summed E-state index contributed by atoms with van der Waals surface area (Å²) < 4.78 is 10.3. The van der Waals surface area contributed by atoms with Gasteiger partial charge in [-0.3, -0.25) is 9.69 Å². The molecule has 0 radical (unpaired) electrons. The Morgan fingerprint density at radius 1 is 1.32 bits per heavy atom. The van der Waals surface area contributed by atoms with Gasteiger partial charge in [0.05, 0.1) is 6.54 Å². The van der Waals surface area contributed by atoms with Gasteiger partial charge in [0.15, 0.2) is 0 Å². The number of carbonyl (C=O) groups excluding carboxylic acids is 1. The average molecular weight is 348 g/mol. The standard InChI is InChI=1S/C18H28N4O3/c23-17(19-12-15-5-10-25-21-15)18-6-1-2-7-22(18)13-16(11-18)20-14-3-8-24-9-4-14/h5,10,14,16,20H,1-4,6-9,11-13H2,(H,19,23)/t16-,18-/m0/s1. The molecule has 3 saturated heterocycles. The minimum atomic E-state index is -0.356. The van der Waals surface area contributed by atoms with Crippen LogP contribution in [0.15, 0.2) is 16.9 Å². The van der Waals surface area contributed by atoms with Crippen LogP contribution in [-0.2, 0) is 16.1 Å². The first-order valence-electron chi connectivity index (χ1n) is 9.53. The molecule has 7 nitrogen and oxygen atoms in total. The van der Waals surface area contributed by atoms with Gasteiger partial charge in [0.25, 0.3) is 0 Å². The zero-order chi connectivity index (χ0) is 17.1. The molecule has 25 heavy (non-hydrogen) atoms. The molecule has 0 unspecified atom stereocenters. The Morgan fingerprint density at radius 2 is 2.20 bits per heavy atom. The molecular formula is C18H28N4O3. The monoisotopic (exact) mass is 348 g/mol. The van der Waals surface area contributed by atoms with Gasteiger partial charge < -0.3 is 19.9 Å².